The van der Waals surface area contributed by atoms with Crippen LogP contribution >= 0.6 is 0 Å². The smallest absolute Gasteiger partial charge is 0.226 e. The van der Waals surface area contributed by atoms with Crippen molar-refractivity contribution in [1.82, 2.24) is 15.2 Å². The molecule has 0 aliphatic carbocycles. The van der Waals surface area contributed by atoms with E-state index in [0.29, 0.717) is 13.0 Å². The topological polar surface area (TPSA) is 54.5 Å². The molecule has 2 heterocycles. The number of amides is 1. The molecular formula is C20H23N3O2. The fraction of sp³-hybridized carbons (Fsp3) is 0.300. The number of carbonyl (C=O) groups is 1. The molecule has 25 heavy (non-hydrogen) atoms. The second-order valence-corrected chi connectivity index (χ2v) is 5.89. The summed E-state index contributed by atoms with van der Waals surface area (Å²) < 4.78 is 5.69. The molecule has 0 saturated carbocycles. The quantitative estimate of drug-likeness (QED) is 0.880. The first-order valence-corrected chi connectivity index (χ1v) is 8.62. The molecule has 130 valence electrons. The Bertz CT molecular complexity index is 693. The Kier molecular flexibility index (Phi) is 6.17. The minimum atomic E-state index is 0.163. The summed E-state index contributed by atoms with van der Waals surface area (Å²) in [5.74, 6) is 0.944. The van der Waals surface area contributed by atoms with Crippen molar-refractivity contribution >= 4 is 18.1 Å². The van der Waals surface area contributed by atoms with Gasteiger partial charge in [-0.3, -0.25) is 9.78 Å². The molecule has 0 spiro atoms. The molecule has 1 saturated heterocycles. The Labute approximate surface area is 148 Å². The number of benzene rings is 1. The third-order valence-corrected chi connectivity index (χ3v) is 4.07. The average molecular weight is 337 g/mol. The summed E-state index contributed by atoms with van der Waals surface area (Å²) in [4.78, 5) is 18.2. The van der Waals surface area contributed by atoms with Gasteiger partial charge in [0.2, 0.25) is 5.91 Å². The van der Waals surface area contributed by atoms with E-state index in [2.05, 4.69) is 10.3 Å². The zero-order valence-corrected chi connectivity index (χ0v) is 14.2. The maximum atomic E-state index is 12.1. The highest BCUT2D eigenvalue weighted by molar-refractivity contribution is 5.76. The Morgan fingerprint density at radius 1 is 1.12 bits per heavy atom. The molecule has 0 bridgehead atoms. The van der Waals surface area contributed by atoms with Crippen LogP contribution in [-0.2, 0) is 4.79 Å². The van der Waals surface area contributed by atoms with Crippen molar-refractivity contribution in [2.45, 2.75) is 6.42 Å². The molecule has 1 aromatic carbocycles. The lowest BCUT2D eigenvalue weighted by Crippen LogP contribution is -2.46. The van der Waals surface area contributed by atoms with Gasteiger partial charge in [-0.25, -0.2) is 0 Å². The van der Waals surface area contributed by atoms with Crippen LogP contribution < -0.4 is 10.1 Å². The molecule has 1 aliphatic heterocycles. The van der Waals surface area contributed by atoms with Crippen LogP contribution in [0.4, 0.5) is 0 Å². The summed E-state index contributed by atoms with van der Waals surface area (Å²) in [7, 11) is 0. The van der Waals surface area contributed by atoms with E-state index in [-0.39, 0.29) is 5.91 Å². The lowest BCUT2D eigenvalue weighted by Gasteiger charge is -2.27. The Morgan fingerprint density at radius 2 is 1.92 bits per heavy atom. The summed E-state index contributed by atoms with van der Waals surface area (Å²) >= 11 is 0. The molecule has 0 radical (unpaired) electrons. The summed E-state index contributed by atoms with van der Waals surface area (Å²) in [5.41, 5.74) is 2.00. The van der Waals surface area contributed by atoms with Crippen molar-refractivity contribution in [3.05, 3.63) is 59.9 Å². The minimum absolute atomic E-state index is 0.163. The second-order valence-electron chi connectivity index (χ2n) is 5.89. The monoisotopic (exact) mass is 337 g/mol. The van der Waals surface area contributed by atoms with Crippen molar-refractivity contribution < 1.29 is 9.53 Å². The first-order chi connectivity index (χ1) is 12.3. The lowest BCUT2D eigenvalue weighted by atomic mass is 10.2. The van der Waals surface area contributed by atoms with Crippen LogP contribution in [0, 0.1) is 0 Å². The fourth-order valence-electron chi connectivity index (χ4n) is 2.66. The van der Waals surface area contributed by atoms with E-state index >= 15 is 0 Å². The van der Waals surface area contributed by atoms with Gasteiger partial charge in [0, 0.05) is 32.4 Å². The fourth-order valence-corrected chi connectivity index (χ4v) is 2.66. The molecular weight excluding hydrogens is 314 g/mol. The number of ether oxygens (including phenoxy) is 1. The number of piperazine rings is 1. The van der Waals surface area contributed by atoms with Crippen LogP contribution in [0.15, 0.2) is 48.7 Å². The van der Waals surface area contributed by atoms with Crippen molar-refractivity contribution in [2.75, 3.05) is 32.8 Å². The van der Waals surface area contributed by atoms with Crippen molar-refractivity contribution in [3.8, 4) is 5.75 Å². The second kappa shape index (κ2) is 8.99. The van der Waals surface area contributed by atoms with Crippen LogP contribution in [0.5, 0.6) is 5.75 Å². The van der Waals surface area contributed by atoms with Crippen LogP contribution in [0.1, 0.15) is 17.7 Å². The number of carbonyl (C=O) groups excluding carboxylic acids is 1. The lowest BCUT2D eigenvalue weighted by molar-refractivity contribution is -0.132. The SMILES string of the molecule is O=C(CCOc1ccc(/C=C/c2ccccn2)cc1)N1CCNCC1. The normalized spacial score (nSPS) is 14.6. The standard InChI is InChI=1S/C20H23N3O2/c24-20(23-14-12-21-13-15-23)10-16-25-19-8-5-17(6-9-19)4-7-18-3-1-2-11-22-18/h1-9,11,21H,10,12-16H2/b7-4+. The highest BCUT2D eigenvalue weighted by Crippen LogP contribution is 2.14. The van der Waals surface area contributed by atoms with Crippen LogP contribution in [0.2, 0.25) is 0 Å². The highest BCUT2D eigenvalue weighted by atomic mass is 16.5. The van der Waals surface area contributed by atoms with E-state index in [4.69, 9.17) is 4.74 Å². The third kappa shape index (κ3) is 5.43. The largest absolute Gasteiger partial charge is 0.493 e. The number of aromatic nitrogens is 1. The van der Waals surface area contributed by atoms with E-state index in [1.165, 1.54) is 0 Å². The zero-order chi connectivity index (χ0) is 17.3. The van der Waals surface area contributed by atoms with Gasteiger partial charge in [-0.1, -0.05) is 24.3 Å². The van der Waals surface area contributed by atoms with E-state index in [9.17, 15) is 4.79 Å². The summed E-state index contributed by atoms with van der Waals surface area (Å²) in [5, 5.41) is 3.24. The van der Waals surface area contributed by atoms with Crippen LogP contribution in [0.25, 0.3) is 12.2 Å². The predicted molar refractivity (Wildman–Crippen MR) is 99.2 cm³/mol. The van der Waals surface area contributed by atoms with E-state index < -0.39 is 0 Å². The number of hydrogen-bond acceptors (Lipinski definition) is 4. The third-order valence-electron chi connectivity index (χ3n) is 4.07. The highest BCUT2D eigenvalue weighted by Gasteiger charge is 2.15. The molecule has 0 atom stereocenters. The van der Waals surface area contributed by atoms with Gasteiger partial charge in [-0.05, 0) is 35.9 Å². The molecule has 2 aromatic rings. The summed E-state index contributed by atoms with van der Waals surface area (Å²) in [6, 6.07) is 13.7. The molecule has 1 aromatic heterocycles. The predicted octanol–water partition coefficient (Wildman–Crippen LogP) is 2.45. The van der Waals surface area contributed by atoms with E-state index in [1.807, 2.05) is 59.5 Å². The molecule has 5 heteroatoms. The first-order valence-electron chi connectivity index (χ1n) is 8.62. The zero-order valence-electron chi connectivity index (χ0n) is 14.2. The summed E-state index contributed by atoms with van der Waals surface area (Å²) in [6.07, 6.45) is 6.18. The van der Waals surface area contributed by atoms with E-state index in [0.717, 1.165) is 43.2 Å². The minimum Gasteiger partial charge on any atom is -0.493 e. The van der Waals surface area contributed by atoms with Gasteiger partial charge < -0.3 is 15.0 Å². The summed E-state index contributed by atoms with van der Waals surface area (Å²) in [6.45, 7) is 3.73. The number of pyridine rings is 1. The van der Waals surface area contributed by atoms with Crippen molar-refractivity contribution in [1.29, 1.82) is 0 Å². The molecule has 1 N–H and O–H groups in total. The van der Waals surface area contributed by atoms with Gasteiger partial charge in [0.05, 0.1) is 18.7 Å². The number of nitrogens with one attached hydrogen (secondary N) is 1. The Balaban J connectivity index is 1.44. The maximum Gasteiger partial charge on any atom is 0.226 e. The van der Waals surface area contributed by atoms with Crippen LogP contribution in [0.3, 0.4) is 0 Å². The molecule has 1 aliphatic rings. The van der Waals surface area contributed by atoms with Gasteiger partial charge in [-0.2, -0.15) is 0 Å². The molecule has 5 nitrogen and oxygen atoms in total. The number of rotatable bonds is 6. The van der Waals surface area contributed by atoms with Gasteiger partial charge in [0.15, 0.2) is 0 Å². The average Bonchev–Trinajstić information content (AvgIpc) is 2.69. The van der Waals surface area contributed by atoms with Crippen molar-refractivity contribution in [3.63, 3.8) is 0 Å². The molecule has 1 fully saturated rings. The Hall–Kier alpha value is -2.66. The number of nitrogens with zero attached hydrogens (tertiary/aromatic N) is 2. The van der Waals surface area contributed by atoms with Gasteiger partial charge in [0.25, 0.3) is 0 Å². The molecule has 3 rings (SSSR count). The van der Waals surface area contributed by atoms with Gasteiger partial charge in [0.1, 0.15) is 5.75 Å². The maximum absolute atomic E-state index is 12.1. The molecule has 0 unspecified atom stereocenters. The van der Waals surface area contributed by atoms with Gasteiger partial charge >= 0.3 is 0 Å². The van der Waals surface area contributed by atoms with Gasteiger partial charge in [-0.15, -0.1) is 0 Å². The number of hydrogen-bond donors (Lipinski definition) is 1. The Morgan fingerprint density at radius 3 is 2.64 bits per heavy atom. The van der Waals surface area contributed by atoms with Crippen molar-refractivity contribution in [2.24, 2.45) is 0 Å². The van der Waals surface area contributed by atoms with Crippen LogP contribution in [-0.4, -0.2) is 48.6 Å². The molecule has 1 amide bonds. The van der Waals surface area contributed by atoms with E-state index in [1.54, 1.807) is 6.20 Å². The first kappa shape index (κ1) is 17.2.